The van der Waals surface area contributed by atoms with E-state index in [-0.39, 0.29) is 23.5 Å². The van der Waals surface area contributed by atoms with Gasteiger partial charge < -0.3 is 9.84 Å². The van der Waals surface area contributed by atoms with Crippen molar-refractivity contribution in [1.82, 2.24) is 4.72 Å². The standard InChI is InChI=1S/C15H20ClNO5S/c1-22-9-10-6-12(16)8-14(7-10)23(20,21)17-13-4-2-11(3-5-13)15(18)19/h6-8,11,13,17H,2-5,9H2,1H3,(H,18,19). The minimum Gasteiger partial charge on any atom is -0.481 e. The second-order valence-electron chi connectivity index (χ2n) is 5.74. The summed E-state index contributed by atoms with van der Waals surface area (Å²) >= 11 is 5.98. The molecule has 6 nitrogen and oxygen atoms in total. The molecule has 1 aliphatic rings. The number of ether oxygens (including phenoxy) is 1. The van der Waals surface area contributed by atoms with Crippen molar-refractivity contribution in [3.8, 4) is 0 Å². The van der Waals surface area contributed by atoms with Crippen molar-refractivity contribution in [2.45, 2.75) is 43.2 Å². The van der Waals surface area contributed by atoms with Gasteiger partial charge in [-0.3, -0.25) is 4.79 Å². The summed E-state index contributed by atoms with van der Waals surface area (Å²) in [7, 11) is -2.18. The number of sulfonamides is 1. The highest BCUT2D eigenvalue weighted by Crippen LogP contribution is 2.26. The summed E-state index contributed by atoms with van der Waals surface area (Å²) in [6.07, 6.45) is 1.99. The molecule has 2 N–H and O–H groups in total. The van der Waals surface area contributed by atoms with Crippen LogP contribution in [0.2, 0.25) is 5.02 Å². The molecule has 0 heterocycles. The Morgan fingerprint density at radius 2 is 1.96 bits per heavy atom. The van der Waals surface area contributed by atoms with Crippen LogP contribution < -0.4 is 4.72 Å². The molecule has 1 saturated carbocycles. The van der Waals surface area contributed by atoms with Crippen LogP contribution in [-0.2, 0) is 26.2 Å². The Labute approximate surface area is 140 Å². The minimum absolute atomic E-state index is 0.0948. The summed E-state index contributed by atoms with van der Waals surface area (Å²) in [5.41, 5.74) is 0.676. The lowest BCUT2D eigenvalue weighted by Crippen LogP contribution is -2.38. The molecule has 0 bridgehead atoms. The summed E-state index contributed by atoms with van der Waals surface area (Å²) < 4.78 is 32.6. The Bertz CT molecular complexity index is 668. The maximum atomic E-state index is 12.5. The molecule has 1 aromatic rings. The maximum absolute atomic E-state index is 12.5. The average molecular weight is 362 g/mol. The highest BCUT2D eigenvalue weighted by Gasteiger charge is 2.29. The third-order valence-corrected chi connectivity index (χ3v) is 5.67. The van der Waals surface area contributed by atoms with E-state index in [1.807, 2.05) is 0 Å². The molecule has 0 radical (unpaired) electrons. The van der Waals surface area contributed by atoms with Gasteiger partial charge in [0.15, 0.2) is 0 Å². The smallest absolute Gasteiger partial charge is 0.306 e. The van der Waals surface area contributed by atoms with Crippen LogP contribution in [0.3, 0.4) is 0 Å². The molecule has 128 valence electrons. The molecule has 1 aromatic carbocycles. The van der Waals surface area contributed by atoms with Gasteiger partial charge in [0, 0.05) is 18.2 Å². The number of benzene rings is 1. The molecule has 0 aliphatic heterocycles. The molecular formula is C15H20ClNO5S. The number of nitrogens with one attached hydrogen (secondary N) is 1. The van der Waals surface area contributed by atoms with E-state index in [4.69, 9.17) is 21.4 Å². The molecule has 0 amide bonds. The lowest BCUT2D eigenvalue weighted by molar-refractivity contribution is -0.142. The van der Waals surface area contributed by atoms with Crippen molar-refractivity contribution in [3.63, 3.8) is 0 Å². The van der Waals surface area contributed by atoms with E-state index in [1.165, 1.54) is 19.2 Å². The molecule has 0 atom stereocenters. The Morgan fingerprint density at radius 3 is 2.52 bits per heavy atom. The van der Waals surface area contributed by atoms with Crippen molar-refractivity contribution in [1.29, 1.82) is 0 Å². The molecule has 0 unspecified atom stereocenters. The van der Waals surface area contributed by atoms with Crippen LogP contribution in [0.15, 0.2) is 23.1 Å². The third-order valence-electron chi connectivity index (χ3n) is 3.95. The van der Waals surface area contributed by atoms with Crippen LogP contribution in [0.4, 0.5) is 0 Å². The van der Waals surface area contributed by atoms with Crippen LogP contribution in [0, 0.1) is 5.92 Å². The molecular weight excluding hydrogens is 342 g/mol. The molecule has 8 heteroatoms. The SMILES string of the molecule is COCc1cc(Cl)cc(S(=O)(=O)NC2CCC(C(=O)O)CC2)c1. The van der Waals surface area contributed by atoms with Crippen molar-refractivity contribution < 1.29 is 23.1 Å². The fourth-order valence-electron chi connectivity index (χ4n) is 2.77. The number of carbonyl (C=O) groups is 1. The van der Waals surface area contributed by atoms with Crippen LogP contribution in [0.5, 0.6) is 0 Å². The van der Waals surface area contributed by atoms with Gasteiger partial charge in [0.25, 0.3) is 0 Å². The van der Waals surface area contributed by atoms with Gasteiger partial charge >= 0.3 is 5.97 Å². The molecule has 0 saturated heterocycles. The Balaban J connectivity index is 2.09. The average Bonchev–Trinajstić information content (AvgIpc) is 2.47. The van der Waals surface area contributed by atoms with Crippen molar-refractivity contribution in [3.05, 3.63) is 28.8 Å². The first-order chi connectivity index (χ1) is 10.8. The molecule has 2 rings (SSSR count). The lowest BCUT2D eigenvalue weighted by Gasteiger charge is -2.26. The second kappa shape index (κ2) is 7.61. The molecule has 0 aromatic heterocycles. The van der Waals surface area contributed by atoms with Crippen LogP contribution >= 0.6 is 11.6 Å². The van der Waals surface area contributed by atoms with Crippen molar-refractivity contribution in [2.75, 3.05) is 7.11 Å². The van der Waals surface area contributed by atoms with Crippen molar-refractivity contribution in [2.24, 2.45) is 5.92 Å². The third kappa shape index (κ3) is 4.91. The van der Waals surface area contributed by atoms with E-state index < -0.39 is 16.0 Å². The zero-order chi connectivity index (χ0) is 17.0. The number of hydrogen-bond donors (Lipinski definition) is 2. The lowest BCUT2D eigenvalue weighted by atomic mass is 9.87. The van der Waals surface area contributed by atoms with Gasteiger partial charge in [-0.05, 0) is 49.4 Å². The van der Waals surface area contributed by atoms with E-state index in [9.17, 15) is 13.2 Å². The highest BCUT2D eigenvalue weighted by atomic mass is 35.5. The summed E-state index contributed by atoms with van der Waals surface area (Å²) in [6.45, 7) is 0.271. The zero-order valence-electron chi connectivity index (χ0n) is 12.8. The predicted octanol–water partition coefficient (Wildman–Crippen LogP) is 2.41. The summed E-state index contributed by atoms with van der Waals surface area (Å²) in [4.78, 5) is 11.0. The molecule has 1 aliphatic carbocycles. The van der Waals surface area contributed by atoms with Gasteiger partial charge in [0.2, 0.25) is 10.0 Å². The van der Waals surface area contributed by atoms with Gasteiger partial charge in [-0.15, -0.1) is 0 Å². The number of carboxylic acid groups (broad SMARTS) is 1. The Morgan fingerprint density at radius 1 is 1.30 bits per heavy atom. The molecule has 23 heavy (non-hydrogen) atoms. The zero-order valence-corrected chi connectivity index (χ0v) is 14.4. The minimum atomic E-state index is -3.70. The van der Waals surface area contributed by atoms with E-state index in [0.29, 0.717) is 36.3 Å². The summed E-state index contributed by atoms with van der Waals surface area (Å²) in [5, 5.41) is 9.31. The summed E-state index contributed by atoms with van der Waals surface area (Å²) in [5.74, 6) is -1.19. The Hall–Kier alpha value is -1.15. The van der Waals surface area contributed by atoms with E-state index in [0.717, 1.165) is 0 Å². The Kier molecular flexibility index (Phi) is 6.02. The van der Waals surface area contributed by atoms with Gasteiger partial charge in [0.1, 0.15) is 0 Å². The first kappa shape index (κ1) is 18.2. The van der Waals surface area contributed by atoms with Gasteiger partial charge in [-0.1, -0.05) is 11.6 Å². The van der Waals surface area contributed by atoms with Gasteiger partial charge in [-0.2, -0.15) is 0 Å². The topological polar surface area (TPSA) is 92.7 Å². The van der Waals surface area contributed by atoms with Crippen LogP contribution in [0.25, 0.3) is 0 Å². The predicted molar refractivity (Wildman–Crippen MR) is 85.9 cm³/mol. The fraction of sp³-hybridized carbons (Fsp3) is 0.533. The number of halogens is 1. The maximum Gasteiger partial charge on any atom is 0.306 e. The van der Waals surface area contributed by atoms with Crippen molar-refractivity contribution >= 4 is 27.6 Å². The largest absolute Gasteiger partial charge is 0.481 e. The molecule has 1 fully saturated rings. The van der Waals surface area contributed by atoms with E-state index in [1.54, 1.807) is 6.07 Å². The first-order valence-corrected chi connectivity index (χ1v) is 9.21. The van der Waals surface area contributed by atoms with Crippen LogP contribution in [0.1, 0.15) is 31.2 Å². The van der Waals surface area contributed by atoms with E-state index >= 15 is 0 Å². The fourth-order valence-corrected chi connectivity index (χ4v) is 4.49. The number of rotatable bonds is 6. The van der Waals surface area contributed by atoms with Gasteiger partial charge in [-0.25, -0.2) is 13.1 Å². The number of hydrogen-bond acceptors (Lipinski definition) is 4. The van der Waals surface area contributed by atoms with Gasteiger partial charge in [0.05, 0.1) is 17.4 Å². The number of aliphatic carboxylic acids is 1. The monoisotopic (exact) mass is 361 g/mol. The van der Waals surface area contributed by atoms with Crippen LogP contribution in [-0.4, -0.2) is 32.6 Å². The number of methoxy groups -OCH3 is 1. The molecule has 0 spiro atoms. The summed E-state index contributed by atoms with van der Waals surface area (Å²) in [6, 6.07) is 4.33. The number of carboxylic acids is 1. The second-order valence-corrected chi connectivity index (χ2v) is 7.89. The normalized spacial score (nSPS) is 22.0. The first-order valence-electron chi connectivity index (χ1n) is 7.35. The highest BCUT2D eigenvalue weighted by molar-refractivity contribution is 7.89. The van der Waals surface area contributed by atoms with E-state index in [2.05, 4.69) is 4.72 Å². The quantitative estimate of drug-likeness (QED) is 0.811.